The second-order valence-corrected chi connectivity index (χ2v) is 4.91. The van der Waals surface area contributed by atoms with Crippen molar-refractivity contribution in [1.29, 1.82) is 0 Å². The van der Waals surface area contributed by atoms with Crippen LogP contribution in [0, 0.1) is 5.92 Å². The number of amides is 2. The third kappa shape index (κ3) is 3.20. The van der Waals surface area contributed by atoms with Gasteiger partial charge in [0.05, 0.1) is 25.8 Å². The Morgan fingerprint density at radius 2 is 2.11 bits per heavy atom. The van der Waals surface area contributed by atoms with Gasteiger partial charge in [-0.2, -0.15) is 0 Å². The predicted octanol–water partition coefficient (Wildman–Crippen LogP) is -1.04. The highest BCUT2D eigenvalue weighted by molar-refractivity contribution is 5.87. The van der Waals surface area contributed by atoms with Crippen LogP contribution in [0.1, 0.15) is 13.3 Å². The summed E-state index contributed by atoms with van der Waals surface area (Å²) in [5, 5.41) is 5.87. The molecule has 2 heterocycles. The number of carbonyl (C=O) groups excluding carboxylic acids is 2. The van der Waals surface area contributed by atoms with Gasteiger partial charge in [-0.25, -0.2) is 0 Å². The van der Waals surface area contributed by atoms with Crippen LogP contribution in [-0.4, -0.2) is 62.1 Å². The summed E-state index contributed by atoms with van der Waals surface area (Å²) in [5.74, 6) is 0.238. The van der Waals surface area contributed by atoms with E-state index in [9.17, 15) is 9.59 Å². The van der Waals surface area contributed by atoms with E-state index in [-0.39, 0.29) is 24.4 Å². The Morgan fingerprint density at radius 1 is 1.39 bits per heavy atom. The van der Waals surface area contributed by atoms with Crippen molar-refractivity contribution >= 4 is 11.8 Å². The van der Waals surface area contributed by atoms with Crippen molar-refractivity contribution in [1.82, 2.24) is 15.5 Å². The van der Waals surface area contributed by atoms with Crippen LogP contribution in [-0.2, 0) is 14.3 Å². The molecule has 2 atom stereocenters. The highest BCUT2D eigenvalue weighted by atomic mass is 16.5. The lowest BCUT2D eigenvalue weighted by Crippen LogP contribution is -2.49. The highest BCUT2D eigenvalue weighted by Gasteiger charge is 2.29. The Kier molecular flexibility index (Phi) is 4.54. The number of rotatable bonds is 3. The van der Waals surface area contributed by atoms with Gasteiger partial charge in [0.15, 0.2) is 0 Å². The maximum atomic E-state index is 11.9. The monoisotopic (exact) mass is 255 g/mol. The van der Waals surface area contributed by atoms with Crippen molar-refractivity contribution in [3.8, 4) is 0 Å². The first-order valence-corrected chi connectivity index (χ1v) is 6.55. The number of nitrogens with zero attached hydrogens (tertiary/aromatic N) is 1. The topological polar surface area (TPSA) is 70.7 Å². The molecule has 0 bridgehead atoms. The SMILES string of the molecule is CC1CCNC1C(=O)NCC(=O)N1CCOCC1. The number of morpholine rings is 1. The van der Waals surface area contributed by atoms with E-state index in [2.05, 4.69) is 10.6 Å². The van der Waals surface area contributed by atoms with Crippen LogP contribution < -0.4 is 10.6 Å². The number of hydrogen-bond acceptors (Lipinski definition) is 4. The molecule has 2 aliphatic heterocycles. The van der Waals surface area contributed by atoms with Gasteiger partial charge in [-0.05, 0) is 18.9 Å². The lowest BCUT2D eigenvalue weighted by atomic mass is 10.0. The number of nitrogens with one attached hydrogen (secondary N) is 2. The highest BCUT2D eigenvalue weighted by Crippen LogP contribution is 2.14. The fourth-order valence-corrected chi connectivity index (χ4v) is 2.38. The normalized spacial score (nSPS) is 28.2. The summed E-state index contributed by atoms with van der Waals surface area (Å²) < 4.78 is 5.18. The minimum atomic E-state index is -0.150. The average Bonchev–Trinajstić information content (AvgIpc) is 2.83. The first kappa shape index (κ1) is 13.3. The summed E-state index contributed by atoms with van der Waals surface area (Å²) in [4.78, 5) is 25.4. The van der Waals surface area contributed by atoms with Gasteiger partial charge < -0.3 is 20.3 Å². The molecule has 6 heteroatoms. The van der Waals surface area contributed by atoms with Gasteiger partial charge >= 0.3 is 0 Å². The van der Waals surface area contributed by atoms with Crippen molar-refractivity contribution in [3.63, 3.8) is 0 Å². The Balaban J connectivity index is 1.73. The van der Waals surface area contributed by atoms with Crippen LogP contribution in [0.2, 0.25) is 0 Å². The number of carbonyl (C=O) groups is 2. The zero-order valence-corrected chi connectivity index (χ0v) is 10.8. The molecule has 0 saturated carbocycles. The first-order chi connectivity index (χ1) is 8.68. The molecule has 0 spiro atoms. The van der Waals surface area contributed by atoms with Crippen LogP contribution in [0.25, 0.3) is 0 Å². The molecule has 2 fully saturated rings. The average molecular weight is 255 g/mol. The van der Waals surface area contributed by atoms with Gasteiger partial charge in [0.2, 0.25) is 11.8 Å². The Bertz CT molecular complexity index is 316. The minimum absolute atomic E-state index is 0.0303. The van der Waals surface area contributed by atoms with Crippen LogP contribution in [0.4, 0.5) is 0 Å². The standard InChI is InChI=1S/C12H21N3O3/c1-9-2-3-13-11(9)12(17)14-8-10(16)15-4-6-18-7-5-15/h9,11,13H,2-8H2,1H3,(H,14,17). The van der Waals surface area contributed by atoms with Crippen LogP contribution >= 0.6 is 0 Å². The number of hydrogen-bond donors (Lipinski definition) is 2. The van der Waals surface area contributed by atoms with E-state index < -0.39 is 0 Å². The Morgan fingerprint density at radius 3 is 2.72 bits per heavy atom. The van der Waals surface area contributed by atoms with E-state index in [0.717, 1.165) is 13.0 Å². The van der Waals surface area contributed by atoms with E-state index in [1.165, 1.54) is 0 Å². The van der Waals surface area contributed by atoms with Crippen molar-refractivity contribution in [2.45, 2.75) is 19.4 Å². The van der Waals surface area contributed by atoms with E-state index in [0.29, 0.717) is 32.2 Å². The summed E-state index contributed by atoms with van der Waals surface area (Å²) in [6.07, 6.45) is 1.01. The van der Waals surface area contributed by atoms with Gasteiger partial charge in [0.25, 0.3) is 0 Å². The molecule has 0 aromatic rings. The molecule has 102 valence electrons. The van der Waals surface area contributed by atoms with Crippen LogP contribution in [0.3, 0.4) is 0 Å². The molecule has 0 radical (unpaired) electrons. The molecule has 2 unspecified atom stereocenters. The van der Waals surface area contributed by atoms with Gasteiger partial charge in [0, 0.05) is 13.1 Å². The van der Waals surface area contributed by atoms with Gasteiger partial charge in [0.1, 0.15) is 0 Å². The van der Waals surface area contributed by atoms with E-state index in [1.54, 1.807) is 4.90 Å². The molecule has 2 rings (SSSR count). The zero-order valence-electron chi connectivity index (χ0n) is 10.8. The summed E-state index contributed by atoms with van der Waals surface area (Å²) in [7, 11) is 0. The number of ether oxygens (including phenoxy) is 1. The summed E-state index contributed by atoms with van der Waals surface area (Å²) in [6.45, 7) is 5.41. The molecular formula is C12H21N3O3. The molecule has 0 aromatic heterocycles. The Labute approximate surface area is 107 Å². The fraction of sp³-hybridized carbons (Fsp3) is 0.833. The summed E-state index contributed by atoms with van der Waals surface area (Å²) in [6, 6.07) is -0.150. The lowest BCUT2D eigenvalue weighted by molar-refractivity contribution is -0.136. The van der Waals surface area contributed by atoms with Crippen molar-refractivity contribution in [3.05, 3.63) is 0 Å². The van der Waals surface area contributed by atoms with Crippen molar-refractivity contribution in [2.24, 2.45) is 5.92 Å². The van der Waals surface area contributed by atoms with Crippen LogP contribution in [0.5, 0.6) is 0 Å². The maximum absolute atomic E-state index is 11.9. The molecule has 2 amide bonds. The first-order valence-electron chi connectivity index (χ1n) is 6.55. The second-order valence-electron chi connectivity index (χ2n) is 4.91. The molecule has 2 saturated heterocycles. The van der Waals surface area contributed by atoms with E-state index >= 15 is 0 Å². The molecule has 2 aliphatic rings. The van der Waals surface area contributed by atoms with Crippen LogP contribution in [0.15, 0.2) is 0 Å². The smallest absolute Gasteiger partial charge is 0.242 e. The molecular weight excluding hydrogens is 234 g/mol. The Hall–Kier alpha value is -1.14. The third-order valence-corrected chi connectivity index (χ3v) is 3.59. The summed E-state index contributed by atoms with van der Waals surface area (Å²) in [5.41, 5.74) is 0. The molecule has 0 aromatic carbocycles. The molecule has 2 N–H and O–H groups in total. The lowest BCUT2D eigenvalue weighted by Gasteiger charge is -2.27. The molecule has 18 heavy (non-hydrogen) atoms. The zero-order chi connectivity index (χ0) is 13.0. The molecule has 6 nitrogen and oxygen atoms in total. The van der Waals surface area contributed by atoms with Crippen molar-refractivity contribution in [2.75, 3.05) is 39.4 Å². The largest absolute Gasteiger partial charge is 0.378 e. The van der Waals surface area contributed by atoms with Crippen molar-refractivity contribution < 1.29 is 14.3 Å². The predicted molar refractivity (Wildman–Crippen MR) is 66.0 cm³/mol. The van der Waals surface area contributed by atoms with E-state index in [1.807, 2.05) is 6.92 Å². The second kappa shape index (κ2) is 6.15. The third-order valence-electron chi connectivity index (χ3n) is 3.59. The maximum Gasteiger partial charge on any atom is 0.242 e. The van der Waals surface area contributed by atoms with Gasteiger partial charge in [-0.3, -0.25) is 9.59 Å². The molecule has 0 aliphatic carbocycles. The fourth-order valence-electron chi connectivity index (χ4n) is 2.38. The quantitative estimate of drug-likeness (QED) is 0.676. The van der Waals surface area contributed by atoms with Gasteiger partial charge in [-0.1, -0.05) is 6.92 Å². The minimum Gasteiger partial charge on any atom is -0.378 e. The van der Waals surface area contributed by atoms with E-state index in [4.69, 9.17) is 4.74 Å². The van der Waals surface area contributed by atoms with Gasteiger partial charge in [-0.15, -0.1) is 0 Å². The summed E-state index contributed by atoms with van der Waals surface area (Å²) >= 11 is 0.